The van der Waals surface area contributed by atoms with Crippen molar-refractivity contribution in [3.63, 3.8) is 0 Å². The minimum absolute atomic E-state index is 0.000625. The summed E-state index contributed by atoms with van der Waals surface area (Å²) >= 11 is 3.19. The molecule has 0 radical (unpaired) electrons. The molecule has 0 saturated carbocycles. The van der Waals surface area contributed by atoms with Gasteiger partial charge in [0.1, 0.15) is 5.82 Å². The molecule has 1 atom stereocenters. The van der Waals surface area contributed by atoms with E-state index >= 15 is 0 Å². The highest BCUT2D eigenvalue weighted by atomic mass is 79.9. The van der Waals surface area contributed by atoms with Crippen molar-refractivity contribution >= 4 is 15.9 Å². The number of benzene rings is 1. The van der Waals surface area contributed by atoms with Crippen LogP contribution in [-0.2, 0) is 6.42 Å². The Labute approximate surface area is 79.9 Å². The summed E-state index contributed by atoms with van der Waals surface area (Å²) < 4.78 is 13.9. The van der Waals surface area contributed by atoms with Crippen LogP contribution >= 0.6 is 15.9 Å². The number of hydrogen-bond donors (Lipinski definition) is 1. The average molecular weight is 232 g/mol. The molecule has 0 bridgehead atoms. The fraction of sp³-hybridized carbons (Fsp3) is 0.333. The largest absolute Gasteiger partial charge is 0.328 e. The van der Waals surface area contributed by atoms with Crippen LogP contribution < -0.4 is 5.73 Å². The summed E-state index contributed by atoms with van der Waals surface area (Å²) in [5, 5.41) is 0. The van der Waals surface area contributed by atoms with Gasteiger partial charge in [-0.15, -0.1) is 0 Å². The summed E-state index contributed by atoms with van der Waals surface area (Å²) in [6.45, 7) is 1.86. The van der Waals surface area contributed by atoms with Crippen LogP contribution in [0, 0.1) is 5.82 Å². The molecule has 0 amide bonds. The maximum Gasteiger partial charge on any atom is 0.127 e. The lowest BCUT2D eigenvalue weighted by molar-refractivity contribution is 0.595. The van der Waals surface area contributed by atoms with Crippen LogP contribution in [0.15, 0.2) is 22.7 Å². The summed E-state index contributed by atoms with van der Waals surface area (Å²) in [7, 11) is 0. The van der Waals surface area contributed by atoms with Crippen molar-refractivity contribution in [3.05, 3.63) is 34.1 Å². The van der Waals surface area contributed by atoms with Crippen molar-refractivity contribution in [1.82, 2.24) is 0 Å². The molecule has 0 heterocycles. The van der Waals surface area contributed by atoms with Gasteiger partial charge in [0.2, 0.25) is 0 Å². The predicted molar refractivity (Wildman–Crippen MR) is 51.5 cm³/mol. The van der Waals surface area contributed by atoms with Crippen molar-refractivity contribution in [1.29, 1.82) is 0 Å². The summed E-state index contributed by atoms with van der Waals surface area (Å²) in [5.74, 6) is -0.193. The smallest absolute Gasteiger partial charge is 0.127 e. The molecule has 0 saturated heterocycles. The minimum atomic E-state index is -0.193. The van der Waals surface area contributed by atoms with Crippen LogP contribution in [0.5, 0.6) is 0 Å². The molecule has 0 aliphatic heterocycles. The zero-order chi connectivity index (χ0) is 9.14. The molecular weight excluding hydrogens is 221 g/mol. The van der Waals surface area contributed by atoms with Crippen LogP contribution in [0.2, 0.25) is 0 Å². The number of halogens is 2. The molecule has 3 heteroatoms. The molecule has 1 nitrogen and oxygen atoms in total. The van der Waals surface area contributed by atoms with E-state index in [0.717, 1.165) is 4.47 Å². The standard InChI is InChI=1S/C9H11BrFN/c1-6(12)4-7-2-3-8(10)5-9(7)11/h2-3,5-6H,4,12H2,1H3. The Morgan fingerprint density at radius 2 is 2.25 bits per heavy atom. The topological polar surface area (TPSA) is 26.0 Å². The second kappa shape index (κ2) is 4.01. The van der Waals surface area contributed by atoms with Gasteiger partial charge in [0.05, 0.1) is 0 Å². The molecule has 2 N–H and O–H groups in total. The monoisotopic (exact) mass is 231 g/mol. The molecule has 1 unspecified atom stereocenters. The third kappa shape index (κ3) is 2.57. The van der Waals surface area contributed by atoms with Gasteiger partial charge in [-0.25, -0.2) is 4.39 Å². The predicted octanol–water partition coefficient (Wildman–Crippen LogP) is 2.48. The van der Waals surface area contributed by atoms with Gasteiger partial charge in [0.15, 0.2) is 0 Å². The Bertz CT molecular complexity index is 273. The van der Waals surface area contributed by atoms with E-state index in [1.165, 1.54) is 6.07 Å². The van der Waals surface area contributed by atoms with Crippen molar-refractivity contribution in [3.8, 4) is 0 Å². The van der Waals surface area contributed by atoms with Gasteiger partial charge in [-0.1, -0.05) is 22.0 Å². The molecule has 0 spiro atoms. The molecule has 66 valence electrons. The van der Waals surface area contributed by atoms with E-state index < -0.39 is 0 Å². The Morgan fingerprint density at radius 3 is 2.75 bits per heavy atom. The van der Waals surface area contributed by atoms with Crippen molar-refractivity contribution < 1.29 is 4.39 Å². The van der Waals surface area contributed by atoms with E-state index in [9.17, 15) is 4.39 Å². The second-order valence-corrected chi connectivity index (χ2v) is 3.83. The van der Waals surface area contributed by atoms with E-state index in [4.69, 9.17) is 5.73 Å². The molecule has 12 heavy (non-hydrogen) atoms. The molecule has 0 aliphatic carbocycles. The zero-order valence-electron chi connectivity index (χ0n) is 6.85. The third-order valence-electron chi connectivity index (χ3n) is 1.56. The summed E-state index contributed by atoms with van der Waals surface area (Å²) in [5.41, 5.74) is 6.23. The molecular formula is C9H11BrFN. The lowest BCUT2D eigenvalue weighted by atomic mass is 10.1. The van der Waals surface area contributed by atoms with E-state index in [0.29, 0.717) is 12.0 Å². The molecule has 1 aromatic rings. The van der Waals surface area contributed by atoms with Gasteiger partial charge in [-0.2, -0.15) is 0 Å². The van der Waals surface area contributed by atoms with Crippen LogP contribution in [0.4, 0.5) is 4.39 Å². The van der Waals surface area contributed by atoms with Crippen molar-refractivity contribution in [2.24, 2.45) is 5.73 Å². The molecule has 0 fully saturated rings. The van der Waals surface area contributed by atoms with Crippen LogP contribution in [-0.4, -0.2) is 6.04 Å². The Balaban J connectivity index is 2.86. The third-order valence-corrected chi connectivity index (χ3v) is 2.05. The van der Waals surface area contributed by atoms with E-state index in [2.05, 4.69) is 15.9 Å². The second-order valence-electron chi connectivity index (χ2n) is 2.92. The zero-order valence-corrected chi connectivity index (χ0v) is 8.44. The van der Waals surface area contributed by atoms with Gasteiger partial charge >= 0.3 is 0 Å². The van der Waals surface area contributed by atoms with E-state index in [1.807, 2.05) is 13.0 Å². The first-order valence-corrected chi connectivity index (χ1v) is 4.58. The number of rotatable bonds is 2. The fourth-order valence-corrected chi connectivity index (χ4v) is 1.37. The average Bonchev–Trinajstić information content (AvgIpc) is 1.94. The van der Waals surface area contributed by atoms with Crippen molar-refractivity contribution in [2.45, 2.75) is 19.4 Å². The summed E-state index contributed by atoms with van der Waals surface area (Å²) in [6, 6.07) is 5.03. The number of nitrogens with two attached hydrogens (primary N) is 1. The molecule has 0 aromatic heterocycles. The lowest BCUT2D eigenvalue weighted by Gasteiger charge is -2.06. The van der Waals surface area contributed by atoms with Gasteiger partial charge < -0.3 is 5.73 Å². The van der Waals surface area contributed by atoms with Crippen LogP contribution in [0.1, 0.15) is 12.5 Å². The highest BCUT2D eigenvalue weighted by Gasteiger charge is 2.04. The quantitative estimate of drug-likeness (QED) is 0.832. The van der Waals surface area contributed by atoms with Gasteiger partial charge in [-0.3, -0.25) is 0 Å². The van der Waals surface area contributed by atoms with Crippen LogP contribution in [0.3, 0.4) is 0 Å². The summed E-state index contributed by atoms with van der Waals surface area (Å²) in [6.07, 6.45) is 0.582. The normalized spacial score (nSPS) is 13.0. The highest BCUT2D eigenvalue weighted by molar-refractivity contribution is 9.10. The maximum absolute atomic E-state index is 13.1. The Hall–Kier alpha value is -0.410. The van der Waals surface area contributed by atoms with Gasteiger partial charge in [0.25, 0.3) is 0 Å². The first-order valence-electron chi connectivity index (χ1n) is 3.79. The Kier molecular flexibility index (Phi) is 3.23. The Morgan fingerprint density at radius 1 is 1.58 bits per heavy atom. The molecule has 1 aromatic carbocycles. The van der Waals surface area contributed by atoms with Crippen LogP contribution in [0.25, 0.3) is 0 Å². The molecule has 0 aliphatic rings. The van der Waals surface area contributed by atoms with Gasteiger partial charge in [0, 0.05) is 10.5 Å². The van der Waals surface area contributed by atoms with E-state index in [-0.39, 0.29) is 11.9 Å². The van der Waals surface area contributed by atoms with Crippen molar-refractivity contribution in [2.75, 3.05) is 0 Å². The lowest BCUT2D eigenvalue weighted by Crippen LogP contribution is -2.18. The number of hydrogen-bond acceptors (Lipinski definition) is 1. The highest BCUT2D eigenvalue weighted by Crippen LogP contribution is 2.15. The summed E-state index contributed by atoms with van der Waals surface area (Å²) in [4.78, 5) is 0. The SMILES string of the molecule is CC(N)Cc1ccc(Br)cc1F. The molecule has 1 rings (SSSR count). The first-order chi connectivity index (χ1) is 5.59. The van der Waals surface area contributed by atoms with Gasteiger partial charge in [-0.05, 0) is 31.0 Å². The minimum Gasteiger partial charge on any atom is -0.328 e. The fourth-order valence-electron chi connectivity index (χ4n) is 1.03. The first kappa shape index (κ1) is 9.68. The maximum atomic E-state index is 13.1. The van der Waals surface area contributed by atoms with E-state index in [1.54, 1.807) is 6.07 Å².